The van der Waals surface area contributed by atoms with Crippen molar-refractivity contribution in [3.63, 3.8) is 0 Å². The van der Waals surface area contributed by atoms with Crippen LogP contribution in [0.5, 0.6) is 0 Å². The zero-order valence-electron chi connectivity index (χ0n) is 11.7. The molecule has 5 nitrogen and oxygen atoms in total. The molecule has 110 valence electrons. The fourth-order valence-electron chi connectivity index (χ4n) is 3.37. The fraction of sp³-hybridized carbons (Fsp3) is 0.375. The fourth-order valence-corrected chi connectivity index (χ4v) is 3.37. The second kappa shape index (κ2) is 5.24. The summed E-state index contributed by atoms with van der Waals surface area (Å²) in [7, 11) is 0. The van der Waals surface area contributed by atoms with E-state index in [9.17, 15) is 14.7 Å². The van der Waals surface area contributed by atoms with Crippen LogP contribution in [0.1, 0.15) is 12.0 Å². The molecule has 0 spiro atoms. The van der Waals surface area contributed by atoms with Gasteiger partial charge in [0.05, 0.1) is 17.5 Å². The van der Waals surface area contributed by atoms with Crippen molar-refractivity contribution in [2.24, 2.45) is 23.7 Å². The van der Waals surface area contributed by atoms with Gasteiger partial charge in [-0.05, 0) is 37.3 Å². The van der Waals surface area contributed by atoms with Crippen molar-refractivity contribution in [3.8, 4) is 0 Å². The quantitative estimate of drug-likeness (QED) is 0.584. The van der Waals surface area contributed by atoms with Crippen molar-refractivity contribution in [1.82, 2.24) is 5.43 Å². The number of rotatable bonds is 4. The lowest BCUT2D eigenvalue weighted by Gasteiger charge is -2.24. The number of fused-ring (bicyclic) bond motifs is 2. The number of nitrogens with one attached hydrogen (secondary N) is 2. The molecule has 5 heteroatoms. The molecular weight excluding hydrogens is 268 g/mol. The van der Waals surface area contributed by atoms with Crippen LogP contribution in [0.4, 0.5) is 5.69 Å². The standard InChI is InChI=1S/C16H18N2O3/c1-9-2-6-12(7-3-9)17-18-15(19)13-10-4-5-11(8-10)14(13)16(20)21/h2-7,10-11,13-14,17H,8H2,1H3,(H,18,19)(H,20,21)/t10-,11-,13-,14+/m0/s1. The van der Waals surface area contributed by atoms with Gasteiger partial charge in [0.2, 0.25) is 5.91 Å². The van der Waals surface area contributed by atoms with Gasteiger partial charge in [-0.3, -0.25) is 20.4 Å². The van der Waals surface area contributed by atoms with Crippen LogP contribution in [0, 0.1) is 30.6 Å². The summed E-state index contributed by atoms with van der Waals surface area (Å²) in [5.41, 5.74) is 7.41. The summed E-state index contributed by atoms with van der Waals surface area (Å²) < 4.78 is 0. The maximum Gasteiger partial charge on any atom is 0.307 e. The van der Waals surface area contributed by atoms with Gasteiger partial charge in [0, 0.05) is 0 Å². The second-order valence-corrected chi connectivity index (χ2v) is 5.82. The first kappa shape index (κ1) is 13.7. The molecule has 0 aliphatic heterocycles. The Morgan fingerprint density at radius 1 is 1.10 bits per heavy atom. The van der Waals surface area contributed by atoms with Gasteiger partial charge >= 0.3 is 5.97 Å². The Morgan fingerprint density at radius 3 is 2.33 bits per heavy atom. The number of carboxylic acids is 1. The molecule has 2 bridgehead atoms. The van der Waals surface area contributed by atoms with E-state index in [1.807, 2.05) is 43.3 Å². The van der Waals surface area contributed by atoms with Crippen LogP contribution in [0.15, 0.2) is 36.4 Å². The van der Waals surface area contributed by atoms with Gasteiger partial charge in [-0.2, -0.15) is 0 Å². The van der Waals surface area contributed by atoms with Crippen LogP contribution in [-0.2, 0) is 9.59 Å². The predicted octanol–water partition coefficient (Wildman–Crippen LogP) is 1.96. The highest BCUT2D eigenvalue weighted by atomic mass is 16.4. The lowest BCUT2D eigenvalue weighted by molar-refractivity contribution is -0.147. The first-order chi connectivity index (χ1) is 10.1. The maximum absolute atomic E-state index is 12.3. The van der Waals surface area contributed by atoms with Gasteiger partial charge < -0.3 is 5.11 Å². The SMILES string of the molecule is Cc1ccc(NNC(=O)[C@@H]2[C@H](C(=O)O)[C@H]3C=C[C@H]2C3)cc1. The molecule has 0 heterocycles. The topological polar surface area (TPSA) is 78.4 Å². The predicted molar refractivity (Wildman–Crippen MR) is 78.3 cm³/mol. The number of carboxylic acid groups (broad SMARTS) is 1. The minimum atomic E-state index is -0.887. The summed E-state index contributed by atoms with van der Waals surface area (Å²) in [6.07, 6.45) is 4.67. The van der Waals surface area contributed by atoms with Gasteiger partial charge in [-0.1, -0.05) is 29.8 Å². The lowest BCUT2D eigenvalue weighted by atomic mass is 9.82. The second-order valence-electron chi connectivity index (χ2n) is 5.82. The molecule has 1 amide bonds. The molecule has 0 aromatic heterocycles. The molecule has 1 fully saturated rings. The zero-order chi connectivity index (χ0) is 15.0. The summed E-state index contributed by atoms with van der Waals surface area (Å²) in [6.45, 7) is 1.99. The third-order valence-electron chi connectivity index (χ3n) is 4.43. The van der Waals surface area contributed by atoms with Crippen molar-refractivity contribution in [1.29, 1.82) is 0 Å². The van der Waals surface area contributed by atoms with Crippen LogP contribution >= 0.6 is 0 Å². The maximum atomic E-state index is 12.3. The Hall–Kier alpha value is -2.30. The van der Waals surface area contributed by atoms with E-state index in [1.165, 1.54) is 0 Å². The molecule has 0 radical (unpaired) electrons. The number of hydrogen-bond donors (Lipinski definition) is 3. The van der Waals surface area contributed by atoms with Crippen LogP contribution in [0.25, 0.3) is 0 Å². The van der Waals surface area contributed by atoms with Gasteiger partial charge in [-0.15, -0.1) is 0 Å². The number of carbonyl (C=O) groups is 2. The molecule has 0 saturated heterocycles. The van der Waals surface area contributed by atoms with Crippen LogP contribution in [-0.4, -0.2) is 17.0 Å². The molecule has 1 aromatic rings. The normalized spacial score (nSPS) is 29.4. The number of anilines is 1. The highest BCUT2D eigenvalue weighted by Gasteiger charge is 2.51. The third kappa shape index (κ3) is 2.51. The van der Waals surface area contributed by atoms with E-state index in [4.69, 9.17) is 0 Å². The molecule has 3 rings (SSSR count). The molecule has 1 saturated carbocycles. The highest BCUT2D eigenvalue weighted by Crippen LogP contribution is 2.48. The molecule has 1 aromatic carbocycles. The zero-order valence-corrected chi connectivity index (χ0v) is 11.7. The minimum absolute atomic E-state index is 0.0115. The summed E-state index contributed by atoms with van der Waals surface area (Å²) in [6, 6.07) is 7.61. The smallest absolute Gasteiger partial charge is 0.307 e. The van der Waals surface area contributed by atoms with E-state index in [1.54, 1.807) is 0 Å². The highest BCUT2D eigenvalue weighted by molar-refractivity contribution is 5.87. The first-order valence-corrected chi connectivity index (χ1v) is 7.10. The van der Waals surface area contributed by atoms with Crippen molar-refractivity contribution in [2.75, 3.05) is 5.43 Å². The molecule has 2 aliphatic rings. The summed E-state index contributed by atoms with van der Waals surface area (Å²) in [5, 5.41) is 9.34. The number of hydrazine groups is 1. The number of amides is 1. The van der Waals surface area contributed by atoms with E-state index in [0.29, 0.717) is 0 Å². The number of carbonyl (C=O) groups excluding carboxylic acids is 1. The van der Waals surface area contributed by atoms with Crippen molar-refractivity contribution < 1.29 is 14.7 Å². The average Bonchev–Trinajstić information content (AvgIpc) is 3.06. The van der Waals surface area contributed by atoms with Gasteiger partial charge in [0.15, 0.2) is 0 Å². The summed E-state index contributed by atoms with van der Waals surface area (Å²) >= 11 is 0. The van der Waals surface area contributed by atoms with E-state index in [2.05, 4.69) is 10.9 Å². The number of allylic oxidation sites excluding steroid dienone is 2. The monoisotopic (exact) mass is 286 g/mol. The first-order valence-electron chi connectivity index (χ1n) is 7.10. The number of benzene rings is 1. The summed E-state index contributed by atoms with van der Waals surface area (Å²) in [4.78, 5) is 23.7. The minimum Gasteiger partial charge on any atom is -0.481 e. The molecule has 0 unspecified atom stereocenters. The molecule has 2 aliphatic carbocycles. The van der Waals surface area contributed by atoms with Crippen molar-refractivity contribution >= 4 is 17.6 Å². The largest absolute Gasteiger partial charge is 0.481 e. The third-order valence-corrected chi connectivity index (χ3v) is 4.43. The Morgan fingerprint density at radius 2 is 1.71 bits per heavy atom. The number of hydrogen-bond acceptors (Lipinski definition) is 3. The van der Waals surface area contributed by atoms with Crippen LogP contribution in [0.2, 0.25) is 0 Å². The molecule has 21 heavy (non-hydrogen) atoms. The van der Waals surface area contributed by atoms with E-state index in [0.717, 1.165) is 17.7 Å². The molecular formula is C16H18N2O3. The van der Waals surface area contributed by atoms with E-state index in [-0.39, 0.29) is 17.7 Å². The number of aliphatic carboxylic acids is 1. The van der Waals surface area contributed by atoms with E-state index < -0.39 is 17.8 Å². The van der Waals surface area contributed by atoms with Crippen LogP contribution < -0.4 is 10.9 Å². The number of aryl methyl sites for hydroxylation is 1. The Balaban J connectivity index is 1.66. The summed E-state index contributed by atoms with van der Waals surface area (Å²) in [5.74, 6) is -2.21. The average molecular weight is 286 g/mol. The Labute approximate surface area is 123 Å². The van der Waals surface area contributed by atoms with E-state index >= 15 is 0 Å². The Kier molecular flexibility index (Phi) is 3.41. The van der Waals surface area contributed by atoms with Crippen molar-refractivity contribution in [2.45, 2.75) is 13.3 Å². The Bertz CT molecular complexity index is 594. The van der Waals surface area contributed by atoms with Gasteiger partial charge in [-0.25, -0.2) is 0 Å². The lowest BCUT2D eigenvalue weighted by Crippen LogP contribution is -2.42. The van der Waals surface area contributed by atoms with Crippen molar-refractivity contribution in [3.05, 3.63) is 42.0 Å². The van der Waals surface area contributed by atoms with Gasteiger partial charge in [0.1, 0.15) is 0 Å². The molecule has 3 N–H and O–H groups in total. The molecule has 4 atom stereocenters. The van der Waals surface area contributed by atoms with Gasteiger partial charge in [0.25, 0.3) is 0 Å². The van der Waals surface area contributed by atoms with Crippen LogP contribution in [0.3, 0.4) is 0 Å².